The molecule has 2 aliphatic heterocycles. The number of carbonyl (C=O) groups excluding carboxylic acids is 1. The Labute approximate surface area is 195 Å². The number of ether oxygens (including phenoxy) is 2. The molecule has 7 heteroatoms. The number of aliphatic imine (C=N–C) groups is 1. The van der Waals surface area contributed by atoms with Gasteiger partial charge in [-0.3, -0.25) is 0 Å². The number of amidine groups is 1. The highest BCUT2D eigenvalue weighted by Gasteiger charge is 2.37. The van der Waals surface area contributed by atoms with Gasteiger partial charge >= 0.3 is 5.97 Å². The number of halogens is 1. The van der Waals surface area contributed by atoms with Crippen LogP contribution in [0, 0.1) is 6.92 Å². The van der Waals surface area contributed by atoms with Gasteiger partial charge in [0.15, 0.2) is 5.17 Å². The number of benzene rings is 2. The number of thioether (sulfide) groups is 1. The van der Waals surface area contributed by atoms with Gasteiger partial charge in [-0.25, -0.2) is 9.79 Å². The SMILES string of the molecule is CCOC(=O)C1=C(C)N=C2SC=CN2[C@@H]1c1ccc(OCc2ccc(C)cc2)c(Br)c1. The summed E-state index contributed by atoms with van der Waals surface area (Å²) in [6, 6.07) is 13.9. The number of hydrogen-bond donors (Lipinski definition) is 0. The van der Waals surface area contributed by atoms with E-state index in [1.807, 2.05) is 48.6 Å². The second-order valence-corrected chi connectivity index (χ2v) is 9.02. The molecule has 0 radical (unpaired) electrons. The molecule has 0 fully saturated rings. The van der Waals surface area contributed by atoms with Crippen LogP contribution in [0.15, 0.2) is 74.8 Å². The minimum Gasteiger partial charge on any atom is -0.488 e. The molecule has 2 aromatic rings. The van der Waals surface area contributed by atoms with Gasteiger partial charge in [-0.15, -0.1) is 0 Å². The molecule has 5 nitrogen and oxygen atoms in total. The Kier molecular flexibility index (Phi) is 6.53. The monoisotopic (exact) mass is 498 g/mol. The molecular formula is C24H23BrN2O3S. The van der Waals surface area contributed by atoms with Crippen molar-refractivity contribution >= 4 is 38.8 Å². The van der Waals surface area contributed by atoms with Crippen molar-refractivity contribution in [1.29, 1.82) is 0 Å². The molecule has 0 amide bonds. The Morgan fingerprint density at radius 3 is 2.68 bits per heavy atom. The molecule has 0 saturated heterocycles. The molecule has 2 heterocycles. The fraction of sp³-hybridized carbons (Fsp3) is 0.250. The van der Waals surface area contributed by atoms with Gasteiger partial charge in [0.05, 0.1) is 28.4 Å². The lowest BCUT2D eigenvalue weighted by molar-refractivity contribution is -0.139. The van der Waals surface area contributed by atoms with Crippen LogP contribution >= 0.6 is 27.7 Å². The average molecular weight is 499 g/mol. The van der Waals surface area contributed by atoms with Crippen molar-refractivity contribution in [3.63, 3.8) is 0 Å². The fourth-order valence-corrected chi connectivity index (χ4v) is 4.85. The van der Waals surface area contributed by atoms with Gasteiger partial charge in [0.1, 0.15) is 12.4 Å². The van der Waals surface area contributed by atoms with Crippen LogP contribution in [0.1, 0.15) is 36.6 Å². The second kappa shape index (κ2) is 9.32. The summed E-state index contributed by atoms with van der Waals surface area (Å²) in [4.78, 5) is 19.4. The minimum absolute atomic E-state index is 0.305. The number of allylic oxidation sites excluding steroid dienone is 1. The van der Waals surface area contributed by atoms with E-state index in [-0.39, 0.29) is 12.0 Å². The van der Waals surface area contributed by atoms with Crippen molar-refractivity contribution in [2.45, 2.75) is 33.4 Å². The van der Waals surface area contributed by atoms with Gasteiger partial charge < -0.3 is 14.4 Å². The maximum Gasteiger partial charge on any atom is 0.338 e. The van der Waals surface area contributed by atoms with Crippen molar-refractivity contribution in [2.24, 2.45) is 4.99 Å². The maximum atomic E-state index is 12.8. The van der Waals surface area contributed by atoms with Gasteiger partial charge in [-0.2, -0.15) is 0 Å². The molecule has 1 atom stereocenters. The van der Waals surface area contributed by atoms with Crippen LogP contribution in [-0.4, -0.2) is 22.6 Å². The highest BCUT2D eigenvalue weighted by Crippen LogP contribution is 2.42. The molecular weight excluding hydrogens is 476 g/mol. The van der Waals surface area contributed by atoms with Crippen LogP contribution in [0.25, 0.3) is 0 Å². The molecule has 0 aromatic heterocycles. The quantitative estimate of drug-likeness (QED) is 0.450. The Morgan fingerprint density at radius 1 is 1.19 bits per heavy atom. The third-order valence-electron chi connectivity index (χ3n) is 5.10. The van der Waals surface area contributed by atoms with Gasteiger partial charge in [0, 0.05) is 6.20 Å². The zero-order valence-corrected chi connectivity index (χ0v) is 20.0. The predicted octanol–water partition coefficient (Wildman–Crippen LogP) is 6.10. The molecule has 160 valence electrons. The third kappa shape index (κ3) is 4.57. The fourth-order valence-electron chi connectivity index (χ4n) is 3.55. The molecule has 2 aliphatic rings. The summed E-state index contributed by atoms with van der Waals surface area (Å²) in [6.45, 7) is 6.53. The first-order valence-electron chi connectivity index (χ1n) is 10.0. The Bertz CT molecular complexity index is 1090. The minimum atomic E-state index is -0.339. The normalized spacial score (nSPS) is 17.5. The van der Waals surface area contributed by atoms with Crippen molar-refractivity contribution in [3.8, 4) is 5.75 Å². The van der Waals surface area contributed by atoms with E-state index in [2.05, 4.69) is 52.1 Å². The van der Waals surface area contributed by atoms with Crippen molar-refractivity contribution in [2.75, 3.05) is 6.61 Å². The summed E-state index contributed by atoms with van der Waals surface area (Å²) in [5.41, 5.74) is 4.52. The summed E-state index contributed by atoms with van der Waals surface area (Å²) < 4.78 is 12.2. The summed E-state index contributed by atoms with van der Waals surface area (Å²) in [5.74, 6) is 0.410. The predicted molar refractivity (Wildman–Crippen MR) is 128 cm³/mol. The lowest BCUT2D eigenvalue weighted by Crippen LogP contribution is -2.34. The lowest BCUT2D eigenvalue weighted by Gasteiger charge is -2.33. The molecule has 4 rings (SSSR count). The smallest absolute Gasteiger partial charge is 0.338 e. The summed E-state index contributed by atoms with van der Waals surface area (Å²) in [6.07, 6.45) is 1.95. The number of esters is 1. The first-order valence-corrected chi connectivity index (χ1v) is 11.7. The molecule has 2 aromatic carbocycles. The first kappa shape index (κ1) is 21.7. The topological polar surface area (TPSA) is 51.1 Å². The van der Waals surface area contributed by atoms with Crippen molar-refractivity contribution in [1.82, 2.24) is 4.90 Å². The third-order valence-corrected chi connectivity index (χ3v) is 6.49. The van der Waals surface area contributed by atoms with E-state index in [1.165, 1.54) is 5.56 Å². The zero-order valence-electron chi connectivity index (χ0n) is 17.6. The molecule has 31 heavy (non-hydrogen) atoms. The summed E-state index contributed by atoms with van der Waals surface area (Å²) in [7, 11) is 0. The Hall–Kier alpha value is -2.51. The van der Waals surface area contributed by atoms with E-state index in [0.717, 1.165) is 26.5 Å². The van der Waals surface area contributed by atoms with E-state index in [4.69, 9.17) is 9.47 Å². The Balaban J connectivity index is 1.62. The molecule has 0 aliphatic carbocycles. The van der Waals surface area contributed by atoms with Crippen molar-refractivity contribution in [3.05, 3.63) is 86.5 Å². The average Bonchev–Trinajstić information content (AvgIpc) is 3.21. The standard InChI is InChI=1S/C24H23BrN2O3S/c1-4-29-23(28)21-16(3)26-24-27(11-12-31-24)22(21)18-9-10-20(19(25)13-18)30-14-17-7-5-15(2)6-8-17/h5-13,22H,4,14H2,1-3H3/t22-/m1/s1. The van der Waals surface area contributed by atoms with E-state index in [0.29, 0.717) is 24.5 Å². The van der Waals surface area contributed by atoms with Gasteiger partial charge in [0.25, 0.3) is 0 Å². The van der Waals surface area contributed by atoms with Crippen LogP contribution in [0.5, 0.6) is 5.75 Å². The van der Waals surface area contributed by atoms with E-state index >= 15 is 0 Å². The number of aryl methyl sites for hydroxylation is 1. The number of nitrogens with zero attached hydrogens (tertiary/aromatic N) is 2. The van der Waals surface area contributed by atoms with Crippen LogP contribution < -0.4 is 4.74 Å². The van der Waals surface area contributed by atoms with Gasteiger partial charge in [0.2, 0.25) is 0 Å². The second-order valence-electron chi connectivity index (χ2n) is 7.29. The molecule has 0 N–H and O–H groups in total. The summed E-state index contributed by atoms with van der Waals surface area (Å²) >= 11 is 5.19. The van der Waals surface area contributed by atoms with E-state index in [9.17, 15) is 4.79 Å². The maximum absolute atomic E-state index is 12.8. The van der Waals surface area contributed by atoms with Crippen LogP contribution in [0.3, 0.4) is 0 Å². The molecule has 0 spiro atoms. The zero-order chi connectivity index (χ0) is 22.0. The molecule has 0 saturated carbocycles. The van der Waals surface area contributed by atoms with Crippen molar-refractivity contribution < 1.29 is 14.3 Å². The Morgan fingerprint density at radius 2 is 1.97 bits per heavy atom. The summed E-state index contributed by atoms with van der Waals surface area (Å²) in [5, 5.41) is 2.83. The highest BCUT2D eigenvalue weighted by molar-refractivity contribution is 9.10. The highest BCUT2D eigenvalue weighted by atomic mass is 79.9. The van der Waals surface area contributed by atoms with Crippen LogP contribution in [0.4, 0.5) is 0 Å². The van der Waals surface area contributed by atoms with Crippen LogP contribution in [0.2, 0.25) is 0 Å². The first-order chi connectivity index (χ1) is 15.0. The van der Waals surface area contributed by atoms with E-state index < -0.39 is 0 Å². The number of fused-ring (bicyclic) bond motifs is 1. The van der Waals surface area contributed by atoms with Crippen LogP contribution in [-0.2, 0) is 16.1 Å². The number of hydrogen-bond acceptors (Lipinski definition) is 6. The number of carbonyl (C=O) groups is 1. The molecule has 0 unspecified atom stereocenters. The largest absolute Gasteiger partial charge is 0.488 e. The van der Waals surface area contributed by atoms with Gasteiger partial charge in [-0.05, 0) is 65.4 Å². The van der Waals surface area contributed by atoms with Gasteiger partial charge in [-0.1, -0.05) is 47.7 Å². The van der Waals surface area contributed by atoms with E-state index in [1.54, 1.807) is 11.8 Å². The molecule has 0 bridgehead atoms. The lowest BCUT2D eigenvalue weighted by atomic mass is 9.95. The number of rotatable bonds is 6.